The summed E-state index contributed by atoms with van der Waals surface area (Å²) in [5.41, 5.74) is 5.78. The van der Waals surface area contributed by atoms with Crippen LogP contribution in [0.1, 0.15) is 78.6 Å². The maximum Gasteiger partial charge on any atom is 0.408 e. The zero-order valence-electron chi connectivity index (χ0n) is 13.3. The zero-order valence-corrected chi connectivity index (χ0v) is 13.3. The summed E-state index contributed by atoms with van der Waals surface area (Å²) in [6, 6.07) is 0. The second kappa shape index (κ2) is 5.55. The Bertz CT molecular complexity index is 348. The van der Waals surface area contributed by atoms with Crippen LogP contribution in [-0.2, 0) is 4.74 Å². The lowest BCUT2D eigenvalue weighted by molar-refractivity contribution is 0.0341. The van der Waals surface area contributed by atoms with Crippen LogP contribution < -0.4 is 11.1 Å². The number of alkyl carbamates (subject to hydrolysis) is 1. The Morgan fingerprint density at radius 1 is 1.00 bits per heavy atom. The van der Waals surface area contributed by atoms with E-state index in [9.17, 15) is 4.79 Å². The predicted molar refractivity (Wildman–Crippen MR) is 80.6 cm³/mol. The molecule has 0 saturated heterocycles. The van der Waals surface area contributed by atoms with Gasteiger partial charge in [0.1, 0.15) is 5.60 Å². The van der Waals surface area contributed by atoms with Gasteiger partial charge in [-0.1, -0.05) is 32.1 Å². The van der Waals surface area contributed by atoms with Gasteiger partial charge in [-0.25, -0.2) is 4.79 Å². The molecule has 2 fully saturated rings. The first-order valence-electron chi connectivity index (χ1n) is 8.07. The van der Waals surface area contributed by atoms with Crippen molar-refractivity contribution in [1.82, 2.24) is 5.32 Å². The fourth-order valence-electron chi connectivity index (χ4n) is 3.89. The standard InChI is InChI=1S/C16H30N2O2/c1-14(2,3)20-13(19)18-16(11-7-8-12-16)15(17)9-5-4-6-10-15/h4-12,17H2,1-3H3,(H,18,19). The van der Waals surface area contributed by atoms with E-state index in [0.29, 0.717) is 0 Å². The van der Waals surface area contributed by atoms with Crippen LogP contribution in [0.15, 0.2) is 0 Å². The summed E-state index contributed by atoms with van der Waals surface area (Å²) in [4.78, 5) is 12.2. The molecule has 1 amide bonds. The Balaban J connectivity index is 2.11. The van der Waals surface area contributed by atoms with Crippen molar-refractivity contribution in [2.75, 3.05) is 0 Å². The number of ether oxygens (including phenoxy) is 1. The summed E-state index contributed by atoms with van der Waals surface area (Å²) >= 11 is 0. The maximum absolute atomic E-state index is 12.2. The van der Waals surface area contributed by atoms with Gasteiger partial charge in [0.25, 0.3) is 0 Å². The number of nitrogens with two attached hydrogens (primary N) is 1. The molecule has 116 valence electrons. The molecule has 20 heavy (non-hydrogen) atoms. The normalized spacial score (nSPS) is 25.2. The SMILES string of the molecule is CC(C)(C)OC(=O)NC1(C2(N)CCCCC2)CCCC1. The molecule has 0 unspecified atom stereocenters. The van der Waals surface area contributed by atoms with Gasteiger partial charge < -0.3 is 15.8 Å². The lowest BCUT2D eigenvalue weighted by Crippen LogP contribution is -2.68. The second-order valence-electron chi connectivity index (χ2n) is 7.63. The Hall–Kier alpha value is -0.770. The van der Waals surface area contributed by atoms with Crippen molar-refractivity contribution in [2.24, 2.45) is 5.73 Å². The molecule has 0 heterocycles. The quantitative estimate of drug-likeness (QED) is 0.815. The van der Waals surface area contributed by atoms with E-state index in [-0.39, 0.29) is 17.2 Å². The second-order valence-corrected chi connectivity index (χ2v) is 7.63. The molecule has 4 nitrogen and oxygen atoms in total. The third-order valence-corrected chi connectivity index (χ3v) is 4.90. The third kappa shape index (κ3) is 3.27. The van der Waals surface area contributed by atoms with Crippen molar-refractivity contribution >= 4 is 6.09 Å². The molecule has 2 aliphatic rings. The lowest BCUT2D eigenvalue weighted by Gasteiger charge is -2.49. The molecule has 0 aromatic carbocycles. The molecular formula is C16H30N2O2. The van der Waals surface area contributed by atoms with Crippen molar-refractivity contribution in [2.45, 2.75) is 95.2 Å². The highest BCUT2D eigenvalue weighted by molar-refractivity contribution is 5.69. The number of rotatable bonds is 2. The highest BCUT2D eigenvalue weighted by atomic mass is 16.6. The Morgan fingerprint density at radius 3 is 2.00 bits per heavy atom. The van der Waals surface area contributed by atoms with Crippen LogP contribution >= 0.6 is 0 Å². The summed E-state index contributed by atoms with van der Waals surface area (Å²) in [5.74, 6) is 0. The number of hydrogen-bond donors (Lipinski definition) is 2. The zero-order chi connectivity index (χ0) is 14.9. The van der Waals surface area contributed by atoms with Crippen molar-refractivity contribution in [3.8, 4) is 0 Å². The Morgan fingerprint density at radius 2 is 1.50 bits per heavy atom. The minimum absolute atomic E-state index is 0.251. The lowest BCUT2D eigenvalue weighted by atomic mass is 9.67. The molecule has 2 rings (SSSR count). The number of amides is 1. The first kappa shape index (κ1) is 15.6. The Kier molecular flexibility index (Phi) is 4.33. The van der Waals surface area contributed by atoms with Crippen LogP contribution in [-0.4, -0.2) is 22.8 Å². The average Bonchev–Trinajstić information content (AvgIpc) is 2.77. The van der Waals surface area contributed by atoms with E-state index < -0.39 is 5.60 Å². The summed E-state index contributed by atoms with van der Waals surface area (Å²) in [6.07, 6.45) is 9.61. The van der Waals surface area contributed by atoms with E-state index in [2.05, 4.69) is 5.32 Å². The van der Waals surface area contributed by atoms with Crippen molar-refractivity contribution in [1.29, 1.82) is 0 Å². The van der Waals surface area contributed by atoms with Gasteiger partial charge in [0.15, 0.2) is 0 Å². The summed E-state index contributed by atoms with van der Waals surface area (Å²) < 4.78 is 5.45. The van der Waals surface area contributed by atoms with Gasteiger partial charge in [-0.2, -0.15) is 0 Å². The first-order valence-corrected chi connectivity index (χ1v) is 8.07. The molecule has 2 aliphatic carbocycles. The van der Waals surface area contributed by atoms with Gasteiger partial charge >= 0.3 is 6.09 Å². The third-order valence-electron chi connectivity index (χ3n) is 4.90. The molecule has 0 radical (unpaired) electrons. The van der Waals surface area contributed by atoms with Crippen LogP contribution in [0.3, 0.4) is 0 Å². The van der Waals surface area contributed by atoms with E-state index in [1.165, 1.54) is 19.3 Å². The van der Waals surface area contributed by atoms with Gasteiger partial charge in [0.05, 0.1) is 5.54 Å². The minimum atomic E-state index is -0.460. The summed E-state index contributed by atoms with van der Waals surface area (Å²) in [7, 11) is 0. The number of nitrogens with one attached hydrogen (secondary N) is 1. The van der Waals surface area contributed by atoms with Crippen LogP contribution in [0.2, 0.25) is 0 Å². The van der Waals surface area contributed by atoms with E-state index in [1.54, 1.807) is 0 Å². The van der Waals surface area contributed by atoms with Gasteiger partial charge in [-0.3, -0.25) is 0 Å². The Labute approximate surface area is 122 Å². The predicted octanol–water partition coefficient (Wildman–Crippen LogP) is 3.49. The van der Waals surface area contributed by atoms with Crippen LogP contribution in [0.25, 0.3) is 0 Å². The molecule has 3 N–H and O–H groups in total. The molecule has 0 bridgehead atoms. The van der Waals surface area contributed by atoms with Crippen LogP contribution in [0, 0.1) is 0 Å². The number of carbonyl (C=O) groups is 1. The fraction of sp³-hybridized carbons (Fsp3) is 0.938. The molecule has 0 aromatic rings. The first-order chi connectivity index (χ1) is 9.27. The molecule has 0 aromatic heterocycles. The molecule has 0 spiro atoms. The van der Waals surface area contributed by atoms with Gasteiger partial charge in [-0.15, -0.1) is 0 Å². The number of hydrogen-bond acceptors (Lipinski definition) is 3. The minimum Gasteiger partial charge on any atom is -0.444 e. The van der Waals surface area contributed by atoms with Gasteiger partial charge in [0.2, 0.25) is 0 Å². The van der Waals surface area contributed by atoms with Crippen molar-refractivity contribution in [3.05, 3.63) is 0 Å². The summed E-state index contributed by atoms with van der Waals surface area (Å²) in [5, 5.41) is 3.17. The van der Waals surface area contributed by atoms with Crippen molar-refractivity contribution < 1.29 is 9.53 Å². The fourth-order valence-corrected chi connectivity index (χ4v) is 3.89. The topological polar surface area (TPSA) is 64.3 Å². The van der Waals surface area contributed by atoms with Crippen LogP contribution in [0.5, 0.6) is 0 Å². The van der Waals surface area contributed by atoms with E-state index >= 15 is 0 Å². The highest BCUT2D eigenvalue weighted by Gasteiger charge is 2.51. The van der Waals surface area contributed by atoms with E-state index in [4.69, 9.17) is 10.5 Å². The molecule has 0 atom stereocenters. The molecule has 2 saturated carbocycles. The van der Waals surface area contributed by atoms with E-state index in [1.807, 2.05) is 20.8 Å². The van der Waals surface area contributed by atoms with E-state index in [0.717, 1.165) is 38.5 Å². The van der Waals surface area contributed by atoms with Crippen molar-refractivity contribution in [3.63, 3.8) is 0 Å². The number of carbonyl (C=O) groups excluding carboxylic acids is 1. The molecule has 4 heteroatoms. The summed E-state index contributed by atoms with van der Waals surface area (Å²) in [6.45, 7) is 5.69. The highest BCUT2D eigenvalue weighted by Crippen LogP contribution is 2.44. The average molecular weight is 282 g/mol. The largest absolute Gasteiger partial charge is 0.444 e. The smallest absolute Gasteiger partial charge is 0.408 e. The van der Waals surface area contributed by atoms with Gasteiger partial charge in [-0.05, 0) is 46.5 Å². The maximum atomic E-state index is 12.2. The van der Waals surface area contributed by atoms with Gasteiger partial charge in [0, 0.05) is 5.54 Å². The van der Waals surface area contributed by atoms with Crippen LogP contribution in [0.4, 0.5) is 4.79 Å². The molecule has 0 aliphatic heterocycles. The monoisotopic (exact) mass is 282 g/mol. The molecular weight excluding hydrogens is 252 g/mol.